The van der Waals surface area contributed by atoms with Crippen molar-refractivity contribution >= 4 is 21.8 Å². The molecule has 0 saturated heterocycles. The molecule has 0 atom stereocenters. The number of benzene rings is 1. The minimum atomic E-state index is -3.68. The molecule has 0 spiro atoms. The lowest BCUT2D eigenvalue weighted by Gasteiger charge is -2.20. The molecule has 0 bridgehead atoms. The van der Waals surface area contributed by atoms with Gasteiger partial charge in [-0.2, -0.15) is 0 Å². The zero-order chi connectivity index (χ0) is 20.7. The molecule has 1 rings (SSSR count). The second kappa shape index (κ2) is 9.85. The van der Waals surface area contributed by atoms with Crippen LogP contribution in [0.25, 0.3) is 0 Å². The molecule has 1 aromatic carbocycles. The van der Waals surface area contributed by atoms with Crippen LogP contribution in [0.15, 0.2) is 29.2 Å². The summed E-state index contributed by atoms with van der Waals surface area (Å²) in [5.41, 5.74) is 0.982. The van der Waals surface area contributed by atoms with Crippen LogP contribution in [0.1, 0.15) is 46.6 Å². The van der Waals surface area contributed by atoms with Gasteiger partial charge in [-0.3, -0.25) is 9.59 Å². The number of nitrogens with zero attached hydrogens (tertiary/aromatic N) is 1. The molecule has 1 aromatic rings. The fraction of sp³-hybridized carbons (Fsp3) is 0.579. The Hall–Kier alpha value is -1.93. The molecule has 0 radical (unpaired) electrons. The zero-order valence-electron chi connectivity index (χ0n) is 16.8. The first-order valence-electron chi connectivity index (χ1n) is 9.16. The van der Waals surface area contributed by atoms with Crippen molar-refractivity contribution in [1.82, 2.24) is 14.9 Å². The summed E-state index contributed by atoms with van der Waals surface area (Å²) in [6.07, 6.45) is -0.00739. The Bertz CT molecular complexity index is 737. The quantitative estimate of drug-likeness (QED) is 0.662. The third-order valence-electron chi connectivity index (χ3n) is 4.10. The highest BCUT2D eigenvalue weighted by atomic mass is 32.2. The van der Waals surface area contributed by atoms with E-state index in [2.05, 4.69) is 30.8 Å². The average Bonchev–Trinajstić information content (AvgIpc) is 2.59. The van der Waals surface area contributed by atoms with Crippen LogP contribution in [0.4, 0.5) is 0 Å². The number of carbonyl (C=O) groups is 2. The molecule has 0 unspecified atom stereocenters. The van der Waals surface area contributed by atoms with Gasteiger partial charge in [0, 0.05) is 26.1 Å². The van der Waals surface area contributed by atoms with Crippen LogP contribution in [0.5, 0.6) is 0 Å². The van der Waals surface area contributed by atoms with Gasteiger partial charge in [0.25, 0.3) is 0 Å². The number of amides is 2. The number of rotatable bonds is 9. The highest BCUT2D eigenvalue weighted by Crippen LogP contribution is 2.23. The fourth-order valence-corrected chi connectivity index (χ4v) is 3.50. The molecule has 0 saturated carbocycles. The lowest BCUT2D eigenvalue weighted by molar-refractivity contribution is -0.135. The van der Waals surface area contributed by atoms with Gasteiger partial charge in [0.1, 0.15) is 0 Å². The van der Waals surface area contributed by atoms with Crippen LogP contribution in [0.2, 0.25) is 0 Å². The molecule has 152 valence electrons. The number of hydrogen-bond donors (Lipinski definition) is 2. The third-order valence-corrected chi connectivity index (χ3v) is 5.58. The zero-order valence-corrected chi connectivity index (χ0v) is 17.6. The van der Waals surface area contributed by atoms with E-state index in [-0.39, 0.29) is 41.6 Å². The van der Waals surface area contributed by atoms with Gasteiger partial charge in [0.05, 0.1) is 11.4 Å². The molecule has 7 nitrogen and oxygen atoms in total. The average molecular weight is 398 g/mol. The number of likely N-dealkylation sites (N-methyl/N-ethyl adjacent to an activating group) is 2. The van der Waals surface area contributed by atoms with Gasteiger partial charge in [0.15, 0.2) is 0 Å². The number of hydrogen-bond acceptors (Lipinski definition) is 4. The summed E-state index contributed by atoms with van der Waals surface area (Å²) >= 11 is 0. The van der Waals surface area contributed by atoms with Gasteiger partial charge < -0.3 is 10.2 Å². The van der Waals surface area contributed by atoms with E-state index in [1.54, 1.807) is 38.1 Å². The standard InChI is InChI=1S/C19H31N3O4S/c1-6-20-17(23)14-22(7-2)18(24)12-13-21-27(25,26)16-10-8-15(9-11-16)19(3,4)5/h8-11,21H,6-7,12-14H2,1-5H3,(H,20,23). The highest BCUT2D eigenvalue weighted by Gasteiger charge is 2.19. The van der Waals surface area contributed by atoms with Gasteiger partial charge in [0.2, 0.25) is 21.8 Å². The van der Waals surface area contributed by atoms with Crippen LogP contribution < -0.4 is 10.0 Å². The van der Waals surface area contributed by atoms with Crippen molar-refractivity contribution in [2.24, 2.45) is 0 Å². The molecule has 0 heterocycles. The molecular weight excluding hydrogens is 366 g/mol. The molecule has 0 aliphatic rings. The Morgan fingerprint density at radius 1 is 1.07 bits per heavy atom. The van der Waals surface area contributed by atoms with E-state index in [0.717, 1.165) is 5.56 Å². The second-order valence-electron chi connectivity index (χ2n) is 7.28. The van der Waals surface area contributed by atoms with Crippen LogP contribution in [0, 0.1) is 0 Å². The van der Waals surface area contributed by atoms with Crippen LogP contribution in [0.3, 0.4) is 0 Å². The molecule has 0 aliphatic carbocycles. The molecule has 0 aliphatic heterocycles. The third kappa shape index (κ3) is 7.30. The molecule has 2 N–H and O–H groups in total. The Balaban J connectivity index is 2.63. The Morgan fingerprint density at radius 2 is 1.67 bits per heavy atom. The predicted octanol–water partition coefficient (Wildman–Crippen LogP) is 1.64. The van der Waals surface area contributed by atoms with Crippen LogP contribution in [-0.4, -0.2) is 51.3 Å². The monoisotopic (exact) mass is 397 g/mol. The van der Waals surface area contributed by atoms with E-state index in [0.29, 0.717) is 13.1 Å². The summed E-state index contributed by atoms with van der Waals surface area (Å²) in [6.45, 7) is 10.6. The minimum Gasteiger partial charge on any atom is -0.355 e. The van der Waals surface area contributed by atoms with E-state index in [4.69, 9.17) is 0 Å². The molecule has 8 heteroatoms. The maximum atomic E-state index is 12.4. The van der Waals surface area contributed by atoms with E-state index in [9.17, 15) is 18.0 Å². The molecule has 27 heavy (non-hydrogen) atoms. The van der Waals surface area contributed by atoms with E-state index >= 15 is 0 Å². The SMILES string of the molecule is CCNC(=O)CN(CC)C(=O)CCNS(=O)(=O)c1ccc(C(C)(C)C)cc1. The lowest BCUT2D eigenvalue weighted by atomic mass is 9.87. The van der Waals surface area contributed by atoms with Gasteiger partial charge in [-0.1, -0.05) is 32.9 Å². The van der Waals surface area contributed by atoms with Crippen molar-refractivity contribution in [3.63, 3.8) is 0 Å². The number of sulfonamides is 1. The van der Waals surface area contributed by atoms with Crippen molar-refractivity contribution in [1.29, 1.82) is 0 Å². The second-order valence-corrected chi connectivity index (χ2v) is 9.05. The van der Waals surface area contributed by atoms with Crippen molar-refractivity contribution in [3.05, 3.63) is 29.8 Å². The van der Waals surface area contributed by atoms with Crippen LogP contribution >= 0.6 is 0 Å². The lowest BCUT2D eigenvalue weighted by Crippen LogP contribution is -2.41. The molecule has 0 fully saturated rings. The molecule has 2 amide bonds. The first-order valence-corrected chi connectivity index (χ1v) is 10.6. The maximum absolute atomic E-state index is 12.4. The Kier molecular flexibility index (Phi) is 8.43. The highest BCUT2D eigenvalue weighted by molar-refractivity contribution is 7.89. The summed E-state index contributed by atoms with van der Waals surface area (Å²) in [5.74, 6) is -0.498. The maximum Gasteiger partial charge on any atom is 0.240 e. The predicted molar refractivity (Wildman–Crippen MR) is 106 cm³/mol. The summed E-state index contributed by atoms with van der Waals surface area (Å²) in [5, 5.41) is 2.64. The van der Waals surface area contributed by atoms with Gasteiger partial charge >= 0.3 is 0 Å². The minimum absolute atomic E-state index is 0.00739. The van der Waals surface area contributed by atoms with E-state index in [1.807, 2.05) is 0 Å². The van der Waals surface area contributed by atoms with Gasteiger partial charge in [-0.15, -0.1) is 0 Å². The van der Waals surface area contributed by atoms with Crippen molar-refractivity contribution in [2.45, 2.75) is 51.3 Å². The normalized spacial score (nSPS) is 11.9. The first kappa shape index (κ1) is 23.1. The van der Waals surface area contributed by atoms with E-state index < -0.39 is 10.0 Å². The van der Waals surface area contributed by atoms with Crippen molar-refractivity contribution < 1.29 is 18.0 Å². The van der Waals surface area contributed by atoms with E-state index in [1.165, 1.54) is 4.90 Å². The number of carbonyl (C=O) groups excluding carboxylic acids is 2. The fourth-order valence-electron chi connectivity index (χ4n) is 2.47. The van der Waals surface area contributed by atoms with Crippen molar-refractivity contribution in [3.8, 4) is 0 Å². The summed E-state index contributed by atoms with van der Waals surface area (Å²) < 4.78 is 27.2. The van der Waals surface area contributed by atoms with Gasteiger partial charge in [-0.25, -0.2) is 13.1 Å². The summed E-state index contributed by atoms with van der Waals surface area (Å²) in [4.78, 5) is 25.4. The van der Waals surface area contributed by atoms with Crippen LogP contribution in [-0.2, 0) is 25.0 Å². The topological polar surface area (TPSA) is 95.6 Å². The van der Waals surface area contributed by atoms with Gasteiger partial charge in [-0.05, 0) is 37.0 Å². The Labute approximate surface area is 162 Å². The Morgan fingerprint density at radius 3 is 2.15 bits per heavy atom. The first-order chi connectivity index (χ1) is 12.5. The number of nitrogens with one attached hydrogen (secondary N) is 2. The summed E-state index contributed by atoms with van der Waals surface area (Å²) in [7, 11) is -3.68. The largest absolute Gasteiger partial charge is 0.355 e. The van der Waals surface area contributed by atoms with Crippen molar-refractivity contribution in [2.75, 3.05) is 26.2 Å². The summed E-state index contributed by atoms with van der Waals surface area (Å²) in [6, 6.07) is 6.73. The molecule has 0 aromatic heterocycles. The smallest absolute Gasteiger partial charge is 0.240 e. The molecular formula is C19H31N3O4S.